The molecule has 1 aromatic carbocycles. The van der Waals surface area contributed by atoms with Gasteiger partial charge in [-0.2, -0.15) is 4.31 Å². The van der Waals surface area contributed by atoms with Crippen molar-refractivity contribution in [2.45, 2.75) is 69.2 Å². The Morgan fingerprint density at radius 2 is 1.70 bits per heavy atom. The molecule has 0 heterocycles. The average molecular weight is 336 g/mol. The largest absolute Gasteiger partial charge is 0.243 e. The van der Waals surface area contributed by atoms with Gasteiger partial charge in [0.2, 0.25) is 10.0 Å². The van der Waals surface area contributed by atoms with E-state index in [4.69, 9.17) is 0 Å². The SMILES string of the molecule is C=CCN(C1CCCCC1)S(=O)(=O)c1ccc(C(C)(C)C)cc1. The number of benzene rings is 1. The van der Waals surface area contributed by atoms with Crippen LogP contribution in [-0.4, -0.2) is 25.3 Å². The topological polar surface area (TPSA) is 37.4 Å². The van der Waals surface area contributed by atoms with Crippen LogP contribution < -0.4 is 0 Å². The fourth-order valence-corrected chi connectivity index (χ4v) is 4.86. The van der Waals surface area contributed by atoms with E-state index >= 15 is 0 Å². The van der Waals surface area contributed by atoms with Gasteiger partial charge in [0.15, 0.2) is 0 Å². The third-order valence-corrected chi connectivity index (χ3v) is 6.55. The predicted octanol–water partition coefficient (Wildman–Crippen LogP) is 4.49. The molecule has 0 radical (unpaired) electrons. The average Bonchev–Trinajstić information content (AvgIpc) is 2.52. The molecule has 23 heavy (non-hydrogen) atoms. The Labute approximate surface area is 141 Å². The van der Waals surface area contributed by atoms with Crippen molar-refractivity contribution in [3.8, 4) is 0 Å². The number of rotatable bonds is 5. The molecule has 0 unspecified atom stereocenters. The third kappa shape index (κ3) is 4.24. The highest BCUT2D eigenvalue weighted by Gasteiger charge is 2.31. The molecule has 0 aliphatic heterocycles. The molecule has 2 rings (SSSR count). The predicted molar refractivity (Wildman–Crippen MR) is 96.1 cm³/mol. The van der Waals surface area contributed by atoms with Gasteiger partial charge in [0.25, 0.3) is 0 Å². The quantitative estimate of drug-likeness (QED) is 0.743. The van der Waals surface area contributed by atoms with E-state index in [-0.39, 0.29) is 11.5 Å². The van der Waals surface area contributed by atoms with E-state index < -0.39 is 10.0 Å². The molecule has 0 aromatic heterocycles. The first-order valence-electron chi connectivity index (χ1n) is 8.50. The lowest BCUT2D eigenvalue weighted by Crippen LogP contribution is -2.41. The van der Waals surface area contributed by atoms with E-state index in [1.54, 1.807) is 22.5 Å². The lowest BCUT2D eigenvalue weighted by atomic mass is 9.87. The Balaban J connectivity index is 2.31. The Kier molecular flexibility index (Phi) is 5.69. The monoisotopic (exact) mass is 335 g/mol. The zero-order chi connectivity index (χ0) is 17.1. The van der Waals surface area contributed by atoms with Gasteiger partial charge in [0.05, 0.1) is 4.90 Å². The fourth-order valence-electron chi connectivity index (χ4n) is 3.20. The summed E-state index contributed by atoms with van der Waals surface area (Å²) in [5.74, 6) is 0. The Morgan fingerprint density at radius 1 is 1.13 bits per heavy atom. The number of hydrogen-bond donors (Lipinski definition) is 0. The summed E-state index contributed by atoms with van der Waals surface area (Å²) < 4.78 is 27.8. The van der Waals surface area contributed by atoms with E-state index in [9.17, 15) is 8.42 Å². The van der Waals surface area contributed by atoms with Crippen LogP contribution in [0.1, 0.15) is 58.4 Å². The summed E-state index contributed by atoms with van der Waals surface area (Å²) >= 11 is 0. The van der Waals surface area contributed by atoms with Gasteiger partial charge in [-0.1, -0.05) is 58.2 Å². The second-order valence-corrected chi connectivity index (χ2v) is 9.32. The van der Waals surface area contributed by atoms with E-state index in [1.807, 2.05) is 12.1 Å². The van der Waals surface area contributed by atoms with Crippen LogP contribution >= 0.6 is 0 Å². The zero-order valence-electron chi connectivity index (χ0n) is 14.6. The van der Waals surface area contributed by atoms with Gasteiger partial charge in [0, 0.05) is 12.6 Å². The van der Waals surface area contributed by atoms with Gasteiger partial charge in [-0.25, -0.2) is 8.42 Å². The Bertz CT molecular complexity index is 620. The summed E-state index contributed by atoms with van der Waals surface area (Å²) in [7, 11) is -3.46. The molecule has 1 aromatic rings. The van der Waals surface area contributed by atoms with Crippen LogP contribution in [0, 0.1) is 0 Å². The van der Waals surface area contributed by atoms with Crippen LogP contribution in [0.25, 0.3) is 0 Å². The minimum atomic E-state index is -3.46. The molecule has 1 fully saturated rings. The maximum Gasteiger partial charge on any atom is 0.243 e. The molecular weight excluding hydrogens is 306 g/mol. The molecule has 128 valence electrons. The second kappa shape index (κ2) is 7.18. The summed E-state index contributed by atoms with van der Waals surface area (Å²) in [4.78, 5) is 0.387. The normalized spacial score (nSPS) is 17.4. The van der Waals surface area contributed by atoms with Crippen molar-refractivity contribution in [1.29, 1.82) is 0 Å². The maximum atomic E-state index is 13.1. The van der Waals surface area contributed by atoms with Crippen LogP contribution in [0.2, 0.25) is 0 Å². The minimum Gasteiger partial charge on any atom is -0.207 e. The van der Waals surface area contributed by atoms with Gasteiger partial charge in [-0.3, -0.25) is 0 Å². The van der Waals surface area contributed by atoms with E-state index in [0.29, 0.717) is 11.4 Å². The molecule has 3 nitrogen and oxygen atoms in total. The molecular formula is C19H29NO2S. The second-order valence-electron chi connectivity index (χ2n) is 7.43. The minimum absolute atomic E-state index is 0.0203. The molecule has 0 atom stereocenters. The van der Waals surface area contributed by atoms with Crippen molar-refractivity contribution in [3.63, 3.8) is 0 Å². The summed E-state index contributed by atoms with van der Waals surface area (Å²) in [5, 5.41) is 0. The zero-order valence-corrected chi connectivity index (χ0v) is 15.4. The first-order chi connectivity index (χ1) is 10.8. The fraction of sp³-hybridized carbons (Fsp3) is 0.579. The highest BCUT2D eigenvalue weighted by Crippen LogP contribution is 2.29. The van der Waals surface area contributed by atoms with Gasteiger partial charge in [-0.15, -0.1) is 6.58 Å². The first-order valence-corrected chi connectivity index (χ1v) is 9.94. The summed E-state index contributed by atoms with van der Waals surface area (Å²) in [6.07, 6.45) is 7.02. The van der Waals surface area contributed by atoms with Crippen molar-refractivity contribution in [1.82, 2.24) is 4.31 Å². The standard InChI is InChI=1S/C19H29NO2S/c1-5-15-20(17-9-7-6-8-10-17)23(21,22)18-13-11-16(12-14-18)19(2,3)4/h5,11-14,17H,1,6-10,15H2,2-4H3. The van der Waals surface area contributed by atoms with Crippen LogP contribution in [0.4, 0.5) is 0 Å². The summed E-state index contributed by atoms with van der Waals surface area (Å²) in [5.41, 5.74) is 1.16. The number of nitrogens with zero attached hydrogens (tertiary/aromatic N) is 1. The Hall–Kier alpha value is -1.13. The van der Waals surface area contributed by atoms with Crippen molar-refractivity contribution in [2.24, 2.45) is 0 Å². The van der Waals surface area contributed by atoms with Gasteiger partial charge in [-0.05, 0) is 36.0 Å². The molecule has 0 bridgehead atoms. The lowest BCUT2D eigenvalue weighted by Gasteiger charge is -2.32. The molecule has 0 amide bonds. The van der Waals surface area contributed by atoms with Crippen LogP contribution in [0.3, 0.4) is 0 Å². The molecule has 4 heteroatoms. The van der Waals surface area contributed by atoms with Gasteiger partial charge in [0.1, 0.15) is 0 Å². The van der Waals surface area contributed by atoms with Gasteiger partial charge >= 0.3 is 0 Å². The Morgan fingerprint density at radius 3 is 2.17 bits per heavy atom. The van der Waals surface area contributed by atoms with Crippen LogP contribution in [-0.2, 0) is 15.4 Å². The molecule has 0 saturated heterocycles. The number of hydrogen-bond acceptors (Lipinski definition) is 2. The van der Waals surface area contributed by atoms with E-state index in [0.717, 1.165) is 31.2 Å². The molecule has 1 saturated carbocycles. The maximum absolute atomic E-state index is 13.1. The lowest BCUT2D eigenvalue weighted by molar-refractivity contribution is 0.269. The van der Waals surface area contributed by atoms with Crippen molar-refractivity contribution in [2.75, 3.05) is 6.54 Å². The molecule has 0 spiro atoms. The summed E-state index contributed by atoms with van der Waals surface area (Å²) in [6, 6.07) is 7.46. The highest BCUT2D eigenvalue weighted by atomic mass is 32.2. The van der Waals surface area contributed by atoms with Crippen molar-refractivity contribution >= 4 is 10.0 Å². The van der Waals surface area contributed by atoms with Crippen molar-refractivity contribution in [3.05, 3.63) is 42.5 Å². The van der Waals surface area contributed by atoms with Gasteiger partial charge < -0.3 is 0 Å². The van der Waals surface area contributed by atoms with E-state index in [1.165, 1.54) is 6.42 Å². The highest BCUT2D eigenvalue weighted by molar-refractivity contribution is 7.89. The molecule has 0 N–H and O–H groups in total. The molecule has 1 aliphatic carbocycles. The molecule has 1 aliphatic rings. The smallest absolute Gasteiger partial charge is 0.207 e. The van der Waals surface area contributed by atoms with Crippen molar-refractivity contribution < 1.29 is 8.42 Å². The van der Waals surface area contributed by atoms with E-state index in [2.05, 4.69) is 27.4 Å². The number of sulfonamides is 1. The van der Waals surface area contributed by atoms with Crippen LogP contribution in [0.5, 0.6) is 0 Å². The third-order valence-electron chi connectivity index (χ3n) is 4.62. The van der Waals surface area contributed by atoms with Crippen LogP contribution in [0.15, 0.2) is 41.8 Å². The first kappa shape index (κ1) is 18.2. The summed E-state index contributed by atoms with van der Waals surface area (Å²) in [6.45, 7) is 10.5.